The van der Waals surface area contributed by atoms with E-state index in [0.717, 1.165) is 48.1 Å². The van der Waals surface area contributed by atoms with E-state index in [9.17, 15) is 9.50 Å². The molecule has 7 nitrogen and oxygen atoms in total. The molecule has 0 unspecified atom stereocenters. The first kappa shape index (κ1) is 21.7. The summed E-state index contributed by atoms with van der Waals surface area (Å²) in [6.45, 7) is 5.15. The van der Waals surface area contributed by atoms with Gasteiger partial charge in [-0.25, -0.2) is 9.37 Å². The minimum absolute atomic E-state index is 0.0778. The van der Waals surface area contributed by atoms with Crippen molar-refractivity contribution >= 4 is 22.0 Å². The van der Waals surface area contributed by atoms with E-state index in [1.165, 1.54) is 21.9 Å². The highest BCUT2D eigenvalue weighted by atomic mass is 32.1. The molecule has 33 heavy (non-hydrogen) atoms. The van der Waals surface area contributed by atoms with Crippen LogP contribution in [0.1, 0.15) is 29.2 Å². The van der Waals surface area contributed by atoms with Crippen LogP contribution in [0.2, 0.25) is 0 Å². The Bertz CT molecular complexity index is 1250. The Kier molecular flexibility index (Phi) is 5.90. The van der Waals surface area contributed by atoms with Gasteiger partial charge in [0.25, 0.3) is 0 Å². The van der Waals surface area contributed by atoms with Crippen molar-refractivity contribution in [2.75, 3.05) is 38.2 Å². The zero-order valence-electron chi connectivity index (χ0n) is 18.6. The van der Waals surface area contributed by atoms with Gasteiger partial charge in [-0.2, -0.15) is 4.52 Å². The average Bonchev–Trinajstić information content (AvgIpc) is 3.39. The maximum atomic E-state index is 14.2. The number of piperazine rings is 1. The standard InChI is InChI=1S/C24H26FN5O2S/c1-3-20-26-24-30(27-20)23(31)22(33-24)21(16-5-4-6-17(25)15-16)29-13-11-28(12-14-29)18-7-9-19(32-2)10-8-18/h4-10,15,21,31H,3,11-14H2,1-2H3/t21-/m1/s1. The van der Waals surface area contributed by atoms with Crippen molar-refractivity contribution in [1.29, 1.82) is 0 Å². The lowest BCUT2D eigenvalue weighted by Gasteiger charge is -2.40. The smallest absolute Gasteiger partial charge is 0.230 e. The van der Waals surface area contributed by atoms with E-state index in [0.29, 0.717) is 17.2 Å². The number of aromatic hydroxyl groups is 1. The molecule has 0 bridgehead atoms. The minimum Gasteiger partial charge on any atom is -0.497 e. The van der Waals surface area contributed by atoms with E-state index >= 15 is 0 Å². The molecule has 1 saturated heterocycles. The van der Waals surface area contributed by atoms with Gasteiger partial charge in [0.2, 0.25) is 10.8 Å². The Morgan fingerprint density at radius 1 is 1.12 bits per heavy atom. The van der Waals surface area contributed by atoms with Gasteiger partial charge in [-0.15, -0.1) is 5.10 Å². The highest BCUT2D eigenvalue weighted by Crippen LogP contribution is 2.40. The number of hydrogen-bond donors (Lipinski definition) is 1. The summed E-state index contributed by atoms with van der Waals surface area (Å²) in [4.78, 5) is 10.5. The van der Waals surface area contributed by atoms with Gasteiger partial charge in [0.1, 0.15) is 11.6 Å². The molecule has 1 aliphatic heterocycles. The molecule has 0 amide bonds. The number of ether oxygens (including phenoxy) is 1. The van der Waals surface area contributed by atoms with Crippen LogP contribution in [0.3, 0.4) is 0 Å². The number of methoxy groups -OCH3 is 1. The molecule has 0 radical (unpaired) electrons. The summed E-state index contributed by atoms with van der Waals surface area (Å²) in [5.74, 6) is 1.32. The third-order valence-corrected chi connectivity index (χ3v) is 7.16. The Balaban J connectivity index is 1.44. The van der Waals surface area contributed by atoms with E-state index < -0.39 is 0 Å². The van der Waals surface area contributed by atoms with Crippen molar-refractivity contribution in [2.24, 2.45) is 0 Å². The van der Waals surface area contributed by atoms with Crippen molar-refractivity contribution in [3.05, 3.63) is 70.6 Å². The van der Waals surface area contributed by atoms with Crippen LogP contribution < -0.4 is 9.64 Å². The molecular weight excluding hydrogens is 441 g/mol. The molecule has 0 aliphatic carbocycles. The van der Waals surface area contributed by atoms with Gasteiger partial charge in [0.05, 0.1) is 18.0 Å². The van der Waals surface area contributed by atoms with Gasteiger partial charge in [0.15, 0.2) is 5.82 Å². The first-order chi connectivity index (χ1) is 16.1. The normalized spacial score (nSPS) is 15.8. The first-order valence-electron chi connectivity index (χ1n) is 11.0. The molecule has 0 saturated carbocycles. The molecule has 172 valence electrons. The highest BCUT2D eigenvalue weighted by Gasteiger charge is 2.32. The van der Waals surface area contributed by atoms with Crippen molar-refractivity contribution < 1.29 is 14.2 Å². The molecule has 9 heteroatoms. The number of hydrogen-bond acceptors (Lipinski definition) is 7. The predicted molar refractivity (Wildman–Crippen MR) is 127 cm³/mol. The van der Waals surface area contributed by atoms with Crippen LogP contribution in [-0.2, 0) is 6.42 Å². The number of nitrogens with zero attached hydrogens (tertiary/aromatic N) is 5. The van der Waals surface area contributed by atoms with E-state index in [1.807, 2.05) is 25.1 Å². The fourth-order valence-corrected chi connectivity index (χ4v) is 5.49. The van der Waals surface area contributed by atoms with Crippen LogP contribution >= 0.6 is 11.3 Å². The van der Waals surface area contributed by atoms with Crippen molar-refractivity contribution in [3.8, 4) is 11.6 Å². The highest BCUT2D eigenvalue weighted by molar-refractivity contribution is 7.17. The summed E-state index contributed by atoms with van der Waals surface area (Å²) in [6.07, 6.45) is 0.698. The summed E-state index contributed by atoms with van der Waals surface area (Å²) in [6, 6.07) is 14.4. The van der Waals surface area contributed by atoms with E-state index in [2.05, 4.69) is 32.0 Å². The average molecular weight is 468 g/mol. The largest absolute Gasteiger partial charge is 0.497 e. The molecule has 4 aromatic rings. The van der Waals surface area contributed by atoms with E-state index in [1.54, 1.807) is 19.2 Å². The molecule has 0 spiro atoms. The SMILES string of the molecule is CCc1nc2sc([C@@H](c3cccc(F)c3)N3CCN(c4ccc(OC)cc4)CC3)c(O)n2n1. The monoisotopic (exact) mass is 467 g/mol. The van der Waals surface area contributed by atoms with Gasteiger partial charge >= 0.3 is 0 Å². The maximum Gasteiger partial charge on any atom is 0.230 e. The zero-order valence-corrected chi connectivity index (χ0v) is 19.4. The molecule has 1 aliphatic rings. The van der Waals surface area contributed by atoms with Crippen molar-refractivity contribution in [2.45, 2.75) is 19.4 Å². The predicted octanol–water partition coefficient (Wildman–Crippen LogP) is 4.12. The number of aromatic nitrogens is 3. The molecule has 1 N–H and O–H groups in total. The lowest BCUT2D eigenvalue weighted by molar-refractivity contribution is 0.211. The van der Waals surface area contributed by atoms with Crippen LogP contribution in [0.5, 0.6) is 11.6 Å². The maximum absolute atomic E-state index is 14.2. The minimum atomic E-state index is -0.290. The van der Waals surface area contributed by atoms with Crippen molar-refractivity contribution in [3.63, 3.8) is 0 Å². The van der Waals surface area contributed by atoms with Crippen LogP contribution in [0.4, 0.5) is 10.1 Å². The molecule has 2 aromatic heterocycles. The fraction of sp³-hybridized carbons (Fsp3) is 0.333. The summed E-state index contributed by atoms with van der Waals surface area (Å²) < 4.78 is 20.9. The molecule has 2 aromatic carbocycles. The summed E-state index contributed by atoms with van der Waals surface area (Å²) >= 11 is 1.41. The van der Waals surface area contributed by atoms with Crippen molar-refractivity contribution in [1.82, 2.24) is 19.5 Å². The van der Waals surface area contributed by atoms with E-state index in [-0.39, 0.29) is 17.7 Å². The van der Waals surface area contributed by atoms with Gasteiger partial charge in [-0.3, -0.25) is 4.90 Å². The van der Waals surface area contributed by atoms with Crippen LogP contribution in [0.25, 0.3) is 4.96 Å². The van der Waals surface area contributed by atoms with Crippen LogP contribution in [0.15, 0.2) is 48.5 Å². The van der Waals surface area contributed by atoms with Gasteiger partial charge in [-0.1, -0.05) is 30.4 Å². The van der Waals surface area contributed by atoms with Crippen LogP contribution in [-0.4, -0.2) is 57.9 Å². The Morgan fingerprint density at radius 3 is 2.52 bits per heavy atom. The second-order valence-electron chi connectivity index (χ2n) is 8.04. The summed E-state index contributed by atoms with van der Waals surface area (Å²) in [5, 5.41) is 15.4. The molecule has 1 atom stereocenters. The summed E-state index contributed by atoms with van der Waals surface area (Å²) in [5.41, 5.74) is 1.95. The number of thiazole rings is 1. The third-order valence-electron chi connectivity index (χ3n) is 6.09. The fourth-order valence-electron chi connectivity index (χ4n) is 4.35. The number of rotatable bonds is 6. The first-order valence-corrected chi connectivity index (χ1v) is 11.8. The Morgan fingerprint density at radius 2 is 1.88 bits per heavy atom. The van der Waals surface area contributed by atoms with Gasteiger partial charge in [-0.05, 0) is 42.0 Å². The molecule has 3 heterocycles. The molecule has 5 rings (SSSR count). The van der Waals surface area contributed by atoms with Gasteiger partial charge < -0.3 is 14.7 Å². The number of aryl methyl sites for hydroxylation is 1. The number of fused-ring (bicyclic) bond motifs is 1. The number of benzene rings is 2. The van der Waals surface area contributed by atoms with Crippen LogP contribution in [0, 0.1) is 5.82 Å². The second-order valence-corrected chi connectivity index (χ2v) is 9.05. The lowest BCUT2D eigenvalue weighted by atomic mass is 10.0. The Labute approximate surface area is 195 Å². The molecular formula is C24H26FN5O2S. The second kappa shape index (κ2) is 8.99. The third kappa shape index (κ3) is 4.14. The quantitative estimate of drug-likeness (QED) is 0.460. The number of anilines is 1. The topological polar surface area (TPSA) is 66.1 Å². The number of halogens is 1. The Hall–Kier alpha value is -3.17. The zero-order chi connectivity index (χ0) is 22.9. The molecule has 1 fully saturated rings. The lowest BCUT2D eigenvalue weighted by Crippen LogP contribution is -2.47. The van der Waals surface area contributed by atoms with Gasteiger partial charge in [0, 0.05) is 38.3 Å². The van der Waals surface area contributed by atoms with E-state index in [4.69, 9.17) is 4.74 Å². The summed E-state index contributed by atoms with van der Waals surface area (Å²) in [7, 11) is 1.66.